The fourth-order valence-electron chi connectivity index (χ4n) is 3.20. The fraction of sp³-hybridized carbons (Fsp3) is 0.154. The minimum Gasteiger partial charge on any atom is -0.507 e. The van der Waals surface area contributed by atoms with Gasteiger partial charge in [-0.2, -0.15) is 0 Å². The number of hydrogen-bond donors (Lipinski definition) is 1. The van der Waals surface area contributed by atoms with E-state index in [2.05, 4.69) is 15.0 Å². The molecule has 33 heavy (non-hydrogen) atoms. The summed E-state index contributed by atoms with van der Waals surface area (Å²) in [7, 11) is 1.53. The van der Waals surface area contributed by atoms with E-state index in [9.17, 15) is 9.90 Å². The standard InChI is InChI=1S/C26H23N3O4/c1-3-15-33-26(31)19-11-9-18(10-12-19)24-27-23(17-7-5-4-6-8-17)28-25(29-24)21-14-13-20(32-2)16-22(21)30/h4-14,16,30H,3,15H2,1-2H3. The van der Waals surface area contributed by atoms with Gasteiger partial charge in [0.25, 0.3) is 0 Å². The highest BCUT2D eigenvalue weighted by Crippen LogP contribution is 2.32. The zero-order valence-electron chi connectivity index (χ0n) is 18.4. The lowest BCUT2D eigenvalue weighted by molar-refractivity contribution is 0.0505. The van der Waals surface area contributed by atoms with Gasteiger partial charge in [0.1, 0.15) is 11.5 Å². The number of aromatic hydroxyl groups is 1. The van der Waals surface area contributed by atoms with Gasteiger partial charge in [-0.1, -0.05) is 49.4 Å². The van der Waals surface area contributed by atoms with Crippen molar-refractivity contribution in [1.29, 1.82) is 0 Å². The van der Waals surface area contributed by atoms with Crippen molar-refractivity contribution in [2.45, 2.75) is 13.3 Å². The highest BCUT2D eigenvalue weighted by atomic mass is 16.5. The Morgan fingerprint density at radius 3 is 2.09 bits per heavy atom. The molecular weight excluding hydrogens is 418 g/mol. The van der Waals surface area contributed by atoms with Gasteiger partial charge in [0.15, 0.2) is 17.5 Å². The molecule has 1 N–H and O–H groups in total. The van der Waals surface area contributed by atoms with Crippen molar-refractivity contribution in [3.8, 4) is 45.7 Å². The van der Waals surface area contributed by atoms with E-state index in [0.29, 0.717) is 46.5 Å². The Hall–Kier alpha value is -4.26. The van der Waals surface area contributed by atoms with Crippen molar-refractivity contribution in [3.05, 3.63) is 78.4 Å². The number of benzene rings is 3. The normalized spacial score (nSPS) is 10.6. The van der Waals surface area contributed by atoms with Crippen LogP contribution in [-0.2, 0) is 4.74 Å². The molecule has 7 heteroatoms. The monoisotopic (exact) mass is 441 g/mol. The van der Waals surface area contributed by atoms with E-state index in [4.69, 9.17) is 9.47 Å². The molecular formula is C26H23N3O4. The number of phenolic OH excluding ortho intramolecular Hbond substituents is 1. The number of aromatic nitrogens is 3. The van der Waals surface area contributed by atoms with Crippen LogP contribution in [0.25, 0.3) is 34.2 Å². The van der Waals surface area contributed by atoms with Crippen LogP contribution in [-0.4, -0.2) is 39.7 Å². The van der Waals surface area contributed by atoms with Gasteiger partial charge in [-0.15, -0.1) is 0 Å². The Morgan fingerprint density at radius 2 is 1.48 bits per heavy atom. The highest BCUT2D eigenvalue weighted by Gasteiger charge is 2.16. The average molecular weight is 441 g/mol. The Balaban J connectivity index is 1.78. The number of carbonyl (C=O) groups excluding carboxylic acids is 1. The molecule has 0 amide bonds. The first-order chi connectivity index (χ1) is 16.1. The third-order valence-corrected chi connectivity index (χ3v) is 4.93. The summed E-state index contributed by atoms with van der Waals surface area (Å²) < 4.78 is 10.4. The van der Waals surface area contributed by atoms with Gasteiger partial charge in [0.2, 0.25) is 0 Å². The summed E-state index contributed by atoms with van der Waals surface area (Å²) in [5.74, 6) is 1.37. The second-order valence-electron chi connectivity index (χ2n) is 7.27. The Morgan fingerprint density at radius 1 is 0.848 bits per heavy atom. The molecule has 0 saturated heterocycles. The van der Waals surface area contributed by atoms with Gasteiger partial charge in [0, 0.05) is 17.2 Å². The van der Waals surface area contributed by atoms with Gasteiger partial charge >= 0.3 is 5.97 Å². The van der Waals surface area contributed by atoms with Crippen molar-refractivity contribution in [3.63, 3.8) is 0 Å². The van der Waals surface area contributed by atoms with Crippen LogP contribution in [0.3, 0.4) is 0 Å². The molecule has 166 valence electrons. The lowest BCUT2D eigenvalue weighted by atomic mass is 10.1. The minimum absolute atomic E-state index is 0.000436. The van der Waals surface area contributed by atoms with E-state index < -0.39 is 0 Å². The van der Waals surface area contributed by atoms with Crippen molar-refractivity contribution >= 4 is 5.97 Å². The maximum absolute atomic E-state index is 12.1. The van der Waals surface area contributed by atoms with E-state index in [1.807, 2.05) is 37.3 Å². The molecule has 0 spiro atoms. The highest BCUT2D eigenvalue weighted by molar-refractivity contribution is 5.90. The van der Waals surface area contributed by atoms with Crippen molar-refractivity contribution < 1.29 is 19.4 Å². The summed E-state index contributed by atoms with van der Waals surface area (Å²) >= 11 is 0. The van der Waals surface area contributed by atoms with E-state index in [1.54, 1.807) is 36.4 Å². The molecule has 0 aliphatic rings. The fourth-order valence-corrected chi connectivity index (χ4v) is 3.20. The number of nitrogens with zero attached hydrogens (tertiary/aromatic N) is 3. The molecule has 0 radical (unpaired) electrons. The van der Waals surface area contributed by atoms with E-state index in [1.165, 1.54) is 13.2 Å². The SMILES string of the molecule is CCCOC(=O)c1ccc(-c2nc(-c3ccccc3)nc(-c3ccc(OC)cc3O)n2)cc1. The first-order valence-electron chi connectivity index (χ1n) is 10.6. The van der Waals surface area contributed by atoms with E-state index in [0.717, 1.165) is 12.0 Å². The Labute approximate surface area is 191 Å². The first kappa shape index (κ1) is 22.0. The lowest BCUT2D eigenvalue weighted by Crippen LogP contribution is -2.06. The molecule has 0 fully saturated rings. The molecule has 4 aromatic rings. The number of esters is 1. The lowest BCUT2D eigenvalue weighted by Gasteiger charge is -2.10. The van der Waals surface area contributed by atoms with Gasteiger partial charge in [0.05, 0.1) is 24.8 Å². The number of phenols is 1. The summed E-state index contributed by atoms with van der Waals surface area (Å²) in [6.07, 6.45) is 0.762. The molecule has 1 heterocycles. The second kappa shape index (κ2) is 9.91. The molecule has 3 aromatic carbocycles. The van der Waals surface area contributed by atoms with Crippen LogP contribution in [0.4, 0.5) is 0 Å². The second-order valence-corrected chi connectivity index (χ2v) is 7.27. The third kappa shape index (κ3) is 4.98. The van der Waals surface area contributed by atoms with E-state index >= 15 is 0 Å². The third-order valence-electron chi connectivity index (χ3n) is 4.93. The maximum Gasteiger partial charge on any atom is 0.338 e. The number of rotatable bonds is 7. The summed E-state index contributed by atoms with van der Waals surface area (Å²) in [6.45, 7) is 2.32. The summed E-state index contributed by atoms with van der Waals surface area (Å²) in [4.78, 5) is 26.0. The molecule has 0 bridgehead atoms. The number of hydrogen-bond acceptors (Lipinski definition) is 7. The molecule has 0 aliphatic heterocycles. The average Bonchev–Trinajstić information content (AvgIpc) is 2.87. The molecule has 4 rings (SSSR count). The summed E-state index contributed by atoms with van der Waals surface area (Å²) in [5.41, 5.74) is 2.43. The number of carbonyl (C=O) groups is 1. The largest absolute Gasteiger partial charge is 0.507 e. The zero-order chi connectivity index (χ0) is 23.2. The van der Waals surface area contributed by atoms with Crippen LogP contribution in [0.1, 0.15) is 23.7 Å². The van der Waals surface area contributed by atoms with Crippen LogP contribution in [0, 0.1) is 0 Å². The molecule has 1 aromatic heterocycles. The predicted octanol–water partition coefficient (Wildman–Crippen LogP) is 5.15. The summed E-state index contributed by atoms with van der Waals surface area (Å²) in [5, 5.41) is 10.5. The van der Waals surface area contributed by atoms with Crippen LogP contribution in [0.5, 0.6) is 11.5 Å². The van der Waals surface area contributed by atoms with Crippen LogP contribution in [0.2, 0.25) is 0 Å². The smallest absolute Gasteiger partial charge is 0.338 e. The maximum atomic E-state index is 12.1. The van der Waals surface area contributed by atoms with Gasteiger partial charge in [-0.25, -0.2) is 19.7 Å². The minimum atomic E-state index is -0.368. The Kier molecular flexibility index (Phi) is 6.59. The zero-order valence-corrected chi connectivity index (χ0v) is 18.4. The molecule has 0 aliphatic carbocycles. The number of methoxy groups -OCH3 is 1. The van der Waals surface area contributed by atoms with Crippen molar-refractivity contribution in [2.24, 2.45) is 0 Å². The predicted molar refractivity (Wildman–Crippen MR) is 125 cm³/mol. The van der Waals surface area contributed by atoms with Gasteiger partial charge in [-0.05, 0) is 30.7 Å². The van der Waals surface area contributed by atoms with Crippen LogP contribution < -0.4 is 4.74 Å². The quantitative estimate of drug-likeness (QED) is 0.396. The van der Waals surface area contributed by atoms with Crippen LogP contribution >= 0.6 is 0 Å². The molecule has 0 atom stereocenters. The van der Waals surface area contributed by atoms with Gasteiger partial charge < -0.3 is 14.6 Å². The molecule has 0 unspecified atom stereocenters. The summed E-state index contributed by atoms with van der Waals surface area (Å²) in [6, 6.07) is 21.4. The molecule has 0 saturated carbocycles. The number of ether oxygens (including phenoxy) is 2. The van der Waals surface area contributed by atoms with Crippen molar-refractivity contribution in [1.82, 2.24) is 15.0 Å². The Bertz CT molecular complexity index is 1260. The van der Waals surface area contributed by atoms with Crippen molar-refractivity contribution in [2.75, 3.05) is 13.7 Å². The van der Waals surface area contributed by atoms with Gasteiger partial charge in [-0.3, -0.25) is 0 Å². The molecule has 7 nitrogen and oxygen atoms in total. The first-order valence-corrected chi connectivity index (χ1v) is 10.6. The van der Waals surface area contributed by atoms with Crippen LogP contribution in [0.15, 0.2) is 72.8 Å². The van der Waals surface area contributed by atoms with E-state index in [-0.39, 0.29) is 11.7 Å². The topological polar surface area (TPSA) is 94.4 Å².